The molecule has 0 saturated heterocycles. The van der Waals surface area contributed by atoms with Gasteiger partial charge in [0.25, 0.3) is 0 Å². The van der Waals surface area contributed by atoms with Gasteiger partial charge in [-0.2, -0.15) is 5.10 Å². The molecule has 4 nitrogen and oxygen atoms in total. The van der Waals surface area contributed by atoms with E-state index in [9.17, 15) is 5.11 Å². The molecule has 0 aliphatic heterocycles. The molecule has 0 aliphatic carbocycles. The minimum Gasteiger partial charge on any atom is -0.388 e. The van der Waals surface area contributed by atoms with E-state index < -0.39 is 0 Å². The van der Waals surface area contributed by atoms with Gasteiger partial charge in [0.2, 0.25) is 0 Å². The number of aliphatic hydroxyl groups is 1. The van der Waals surface area contributed by atoms with Gasteiger partial charge in [-0.1, -0.05) is 30.3 Å². The second-order valence-corrected chi connectivity index (χ2v) is 4.36. The first kappa shape index (κ1) is 11.1. The predicted octanol–water partition coefficient (Wildman–Crippen LogP) is 2.58. The molecule has 0 bridgehead atoms. The fourth-order valence-electron chi connectivity index (χ4n) is 2.02. The van der Waals surface area contributed by atoms with Gasteiger partial charge in [-0.15, -0.1) is 0 Å². The first-order valence-corrected chi connectivity index (χ1v) is 5.97. The van der Waals surface area contributed by atoms with Gasteiger partial charge >= 0.3 is 0 Å². The molecular weight excluding hydrogens is 246 g/mol. The smallest absolute Gasteiger partial charge is 0.199 e. The highest BCUT2D eigenvalue weighted by Gasteiger charge is 2.07. The second kappa shape index (κ2) is 4.36. The zero-order valence-corrected chi connectivity index (χ0v) is 10.3. The van der Waals surface area contributed by atoms with Gasteiger partial charge < -0.3 is 5.11 Å². The van der Waals surface area contributed by atoms with Crippen LogP contribution in [0.15, 0.2) is 42.5 Å². The average Bonchev–Trinajstić information content (AvgIpc) is 2.79. The number of aromatic nitrogens is 3. The Morgan fingerprint density at radius 3 is 2.72 bits per heavy atom. The van der Waals surface area contributed by atoms with Crippen LogP contribution in [0.1, 0.15) is 5.82 Å². The van der Waals surface area contributed by atoms with Gasteiger partial charge in [0.1, 0.15) is 6.61 Å². The number of aliphatic hydroxyl groups excluding tert-OH is 1. The summed E-state index contributed by atoms with van der Waals surface area (Å²) in [5.41, 5.74) is 0.900. The third-order valence-corrected chi connectivity index (χ3v) is 3.15. The molecule has 1 aromatic heterocycles. The molecule has 0 aliphatic rings. The molecular formula is C13H11N3OS. The van der Waals surface area contributed by atoms with E-state index in [2.05, 4.69) is 16.3 Å². The van der Waals surface area contributed by atoms with Gasteiger partial charge in [0, 0.05) is 0 Å². The summed E-state index contributed by atoms with van der Waals surface area (Å²) in [5.74, 6) is 0.510. The van der Waals surface area contributed by atoms with Crippen molar-refractivity contribution in [3.8, 4) is 5.69 Å². The zero-order valence-electron chi connectivity index (χ0n) is 9.50. The number of benzene rings is 2. The van der Waals surface area contributed by atoms with E-state index in [4.69, 9.17) is 12.2 Å². The van der Waals surface area contributed by atoms with Crippen molar-refractivity contribution >= 4 is 23.0 Å². The van der Waals surface area contributed by atoms with Crippen LogP contribution in [-0.4, -0.2) is 19.9 Å². The highest BCUT2D eigenvalue weighted by molar-refractivity contribution is 7.71. The molecule has 0 atom stereocenters. The van der Waals surface area contributed by atoms with Crippen molar-refractivity contribution in [1.82, 2.24) is 14.8 Å². The van der Waals surface area contributed by atoms with Crippen molar-refractivity contribution in [3.63, 3.8) is 0 Å². The lowest BCUT2D eigenvalue weighted by molar-refractivity contribution is 0.269. The Hall–Kier alpha value is -1.98. The Bertz CT molecular complexity index is 760. The number of rotatable bonds is 2. The minimum absolute atomic E-state index is 0.153. The molecule has 2 N–H and O–H groups in total. The number of hydrogen-bond acceptors (Lipinski definition) is 3. The SMILES string of the molecule is OCc1n[nH]c(=S)n1-c1ccc2ccccc2c1. The predicted molar refractivity (Wildman–Crippen MR) is 72.2 cm³/mol. The summed E-state index contributed by atoms with van der Waals surface area (Å²) < 4.78 is 2.22. The van der Waals surface area contributed by atoms with Crippen LogP contribution in [0, 0.1) is 4.77 Å². The Labute approximate surface area is 109 Å². The fraction of sp³-hybridized carbons (Fsp3) is 0.0769. The molecule has 0 amide bonds. The average molecular weight is 257 g/mol. The Balaban J connectivity index is 2.25. The number of H-pyrrole nitrogens is 1. The zero-order chi connectivity index (χ0) is 12.5. The van der Waals surface area contributed by atoms with Gasteiger partial charge in [0.15, 0.2) is 10.6 Å². The first-order chi connectivity index (χ1) is 8.79. The molecule has 0 fully saturated rings. The largest absolute Gasteiger partial charge is 0.388 e. The lowest BCUT2D eigenvalue weighted by Crippen LogP contribution is -2.01. The number of nitrogens with zero attached hydrogens (tertiary/aromatic N) is 2. The van der Waals surface area contributed by atoms with E-state index in [1.54, 1.807) is 4.57 Å². The van der Waals surface area contributed by atoms with Gasteiger partial charge in [-0.05, 0) is 35.1 Å². The molecule has 1 heterocycles. The number of nitrogens with one attached hydrogen (secondary N) is 1. The maximum absolute atomic E-state index is 9.26. The molecule has 0 spiro atoms. The Morgan fingerprint density at radius 1 is 1.17 bits per heavy atom. The van der Waals surface area contributed by atoms with Crippen LogP contribution in [0.3, 0.4) is 0 Å². The Kier molecular flexibility index (Phi) is 2.70. The van der Waals surface area contributed by atoms with Gasteiger partial charge in [0.05, 0.1) is 5.69 Å². The molecule has 3 rings (SSSR count). The van der Waals surface area contributed by atoms with Gasteiger partial charge in [-0.3, -0.25) is 9.67 Å². The highest BCUT2D eigenvalue weighted by Crippen LogP contribution is 2.19. The lowest BCUT2D eigenvalue weighted by atomic mass is 10.1. The summed E-state index contributed by atoms with van der Waals surface area (Å²) in [6.07, 6.45) is 0. The quantitative estimate of drug-likeness (QED) is 0.694. The van der Waals surface area contributed by atoms with E-state index in [-0.39, 0.29) is 6.61 Å². The molecule has 5 heteroatoms. The van der Waals surface area contributed by atoms with Crippen LogP contribution in [0.2, 0.25) is 0 Å². The van der Waals surface area contributed by atoms with E-state index >= 15 is 0 Å². The number of aromatic amines is 1. The minimum atomic E-state index is -0.153. The van der Waals surface area contributed by atoms with E-state index in [0.717, 1.165) is 11.1 Å². The van der Waals surface area contributed by atoms with Crippen LogP contribution in [-0.2, 0) is 6.61 Å². The normalized spacial score (nSPS) is 10.9. The van der Waals surface area contributed by atoms with Crippen LogP contribution < -0.4 is 0 Å². The van der Waals surface area contributed by atoms with Crippen LogP contribution in [0.25, 0.3) is 16.5 Å². The number of hydrogen-bond donors (Lipinski definition) is 2. The molecule has 0 unspecified atom stereocenters. The summed E-state index contributed by atoms with van der Waals surface area (Å²) >= 11 is 5.18. The van der Waals surface area contributed by atoms with Crippen molar-refractivity contribution in [2.75, 3.05) is 0 Å². The summed E-state index contributed by atoms with van der Waals surface area (Å²) in [4.78, 5) is 0. The van der Waals surface area contributed by atoms with Crippen molar-refractivity contribution < 1.29 is 5.11 Å². The van der Waals surface area contributed by atoms with Gasteiger partial charge in [-0.25, -0.2) is 0 Å². The first-order valence-electron chi connectivity index (χ1n) is 5.56. The molecule has 90 valence electrons. The standard InChI is InChI=1S/C13H11N3OS/c17-8-12-14-15-13(18)16(12)11-6-5-9-3-1-2-4-10(9)7-11/h1-7,17H,8H2,(H,15,18). The van der Waals surface area contributed by atoms with Crippen LogP contribution in [0.4, 0.5) is 0 Å². The molecule has 0 saturated carbocycles. The molecule has 3 aromatic rings. The maximum atomic E-state index is 9.26. The third kappa shape index (κ3) is 1.73. The molecule has 18 heavy (non-hydrogen) atoms. The van der Waals surface area contributed by atoms with Crippen LogP contribution in [0.5, 0.6) is 0 Å². The molecule has 0 radical (unpaired) electrons. The summed E-state index contributed by atoms with van der Waals surface area (Å²) in [6, 6.07) is 14.1. The van der Waals surface area contributed by atoms with E-state index in [0.29, 0.717) is 10.6 Å². The third-order valence-electron chi connectivity index (χ3n) is 2.87. The summed E-state index contributed by atoms with van der Waals surface area (Å²) in [5, 5.41) is 18.2. The van der Waals surface area contributed by atoms with Crippen LogP contribution >= 0.6 is 12.2 Å². The maximum Gasteiger partial charge on any atom is 0.199 e. The molecule has 2 aromatic carbocycles. The van der Waals surface area contributed by atoms with Crippen molar-refractivity contribution in [2.45, 2.75) is 6.61 Å². The van der Waals surface area contributed by atoms with E-state index in [1.165, 1.54) is 5.39 Å². The number of fused-ring (bicyclic) bond motifs is 1. The second-order valence-electron chi connectivity index (χ2n) is 3.97. The van der Waals surface area contributed by atoms with Crippen molar-refractivity contribution in [1.29, 1.82) is 0 Å². The monoisotopic (exact) mass is 257 g/mol. The van der Waals surface area contributed by atoms with Crippen molar-refractivity contribution in [2.24, 2.45) is 0 Å². The Morgan fingerprint density at radius 2 is 1.94 bits per heavy atom. The highest BCUT2D eigenvalue weighted by atomic mass is 32.1. The topological polar surface area (TPSA) is 53.8 Å². The van der Waals surface area contributed by atoms with E-state index in [1.807, 2.05) is 36.4 Å². The summed E-state index contributed by atoms with van der Waals surface area (Å²) in [7, 11) is 0. The fourth-order valence-corrected chi connectivity index (χ4v) is 2.27. The summed E-state index contributed by atoms with van der Waals surface area (Å²) in [6.45, 7) is -0.153. The van der Waals surface area contributed by atoms with Crippen molar-refractivity contribution in [3.05, 3.63) is 53.1 Å². The lowest BCUT2D eigenvalue weighted by Gasteiger charge is -2.06.